The van der Waals surface area contributed by atoms with E-state index in [1.807, 2.05) is 0 Å². The maximum Gasteiger partial charge on any atom is 0.303 e. The molecule has 1 aromatic rings. The Kier molecular flexibility index (Phi) is 6.38. The first-order chi connectivity index (χ1) is 11.1. The van der Waals surface area contributed by atoms with Crippen molar-refractivity contribution in [3.8, 4) is 5.75 Å². The molecule has 6 heteroatoms. The van der Waals surface area contributed by atoms with Crippen LogP contribution in [0.2, 0.25) is 0 Å². The number of benzene rings is 1. The standard InChI is InChI=1S/C17H22FNO4/c18-14-5-1-2-6-15(14)23-11-9-16(20)19-10-3-4-13(12-19)7-8-17(21)22/h1-2,5-6,13H,3-4,7-12H2,(H,21,22)/t13-/m0/s1. The van der Waals surface area contributed by atoms with Gasteiger partial charge in [0.15, 0.2) is 11.6 Å². The molecule has 1 saturated heterocycles. The van der Waals surface area contributed by atoms with Gasteiger partial charge in [-0.25, -0.2) is 4.39 Å². The summed E-state index contributed by atoms with van der Waals surface area (Å²) in [5, 5.41) is 8.74. The fourth-order valence-corrected chi connectivity index (χ4v) is 2.82. The molecular formula is C17H22FNO4. The van der Waals surface area contributed by atoms with E-state index in [-0.39, 0.29) is 37.0 Å². The van der Waals surface area contributed by atoms with Crippen molar-refractivity contribution in [3.63, 3.8) is 0 Å². The predicted octanol–water partition coefficient (Wildman–Crippen LogP) is 2.70. The Balaban J connectivity index is 1.74. The van der Waals surface area contributed by atoms with Crippen LogP contribution >= 0.6 is 0 Å². The molecule has 1 aliphatic heterocycles. The monoisotopic (exact) mass is 323 g/mol. The minimum atomic E-state index is -0.799. The quantitative estimate of drug-likeness (QED) is 0.838. The first kappa shape index (κ1) is 17.2. The molecule has 1 N–H and O–H groups in total. The molecule has 0 radical (unpaired) electrons. The van der Waals surface area contributed by atoms with Crippen LogP contribution in [0.15, 0.2) is 24.3 Å². The lowest BCUT2D eigenvalue weighted by Gasteiger charge is -2.32. The van der Waals surface area contributed by atoms with E-state index in [1.165, 1.54) is 12.1 Å². The van der Waals surface area contributed by atoms with Crippen LogP contribution in [0.5, 0.6) is 5.75 Å². The number of aliphatic carboxylic acids is 1. The highest BCUT2D eigenvalue weighted by Crippen LogP contribution is 2.22. The summed E-state index contributed by atoms with van der Waals surface area (Å²) in [4.78, 5) is 24.6. The predicted molar refractivity (Wildman–Crippen MR) is 82.7 cm³/mol. The Morgan fingerprint density at radius 1 is 1.30 bits per heavy atom. The minimum absolute atomic E-state index is 0.0265. The van der Waals surface area contributed by atoms with Crippen molar-refractivity contribution < 1.29 is 23.8 Å². The van der Waals surface area contributed by atoms with Crippen molar-refractivity contribution in [1.82, 2.24) is 4.90 Å². The number of likely N-dealkylation sites (tertiary alicyclic amines) is 1. The molecule has 0 aliphatic carbocycles. The van der Waals surface area contributed by atoms with Crippen LogP contribution in [0.1, 0.15) is 32.1 Å². The summed E-state index contributed by atoms with van der Waals surface area (Å²) >= 11 is 0. The number of carbonyl (C=O) groups excluding carboxylic acids is 1. The molecule has 0 aromatic heterocycles. The summed E-state index contributed by atoms with van der Waals surface area (Å²) in [6.45, 7) is 1.43. The van der Waals surface area contributed by atoms with E-state index in [0.717, 1.165) is 12.8 Å². The number of rotatable bonds is 7. The van der Waals surface area contributed by atoms with Crippen molar-refractivity contribution in [2.45, 2.75) is 32.1 Å². The maximum absolute atomic E-state index is 13.4. The molecule has 0 unspecified atom stereocenters. The van der Waals surface area contributed by atoms with Gasteiger partial charge in [0.1, 0.15) is 0 Å². The molecule has 0 spiro atoms. The fraction of sp³-hybridized carbons (Fsp3) is 0.529. The molecule has 2 rings (SSSR count). The van der Waals surface area contributed by atoms with Crippen LogP contribution in [-0.4, -0.2) is 41.6 Å². The van der Waals surface area contributed by atoms with Gasteiger partial charge in [0.25, 0.3) is 0 Å². The Morgan fingerprint density at radius 2 is 2.09 bits per heavy atom. The number of carboxylic acid groups (broad SMARTS) is 1. The van der Waals surface area contributed by atoms with Crippen LogP contribution in [0, 0.1) is 11.7 Å². The molecule has 5 nitrogen and oxygen atoms in total. The summed E-state index contributed by atoms with van der Waals surface area (Å²) in [5.74, 6) is -0.866. The number of hydrogen-bond donors (Lipinski definition) is 1. The molecular weight excluding hydrogens is 301 g/mol. The fourth-order valence-electron chi connectivity index (χ4n) is 2.82. The molecule has 0 saturated carbocycles. The van der Waals surface area contributed by atoms with Crippen LogP contribution in [-0.2, 0) is 9.59 Å². The Bertz CT molecular complexity index is 549. The second kappa shape index (κ2) is 8.50. The largest absolute Gasteiger partial charge is 0.490 e. The van der Waals surface area contributed by atoms with E-state index < -0.39 is 11.8 Å². The lowest BCUT2D eigenvalue weighted by Crippen LogP contribution is -2.40. The molecule has 1 aliphatic rings. The highest BCUT2D eigenvalue weighted by molar-refractivity contribution is 5.76. The number of para-hydroxylation sites is 1. The van der Waals surface area contributed by atoms with Gasteiger partial charge >= 0.3 is 5.97 Å². The van der Waals surface area contributed by atoms with Gasteiger partial charge < -0.3 is 14.7 Å². The van der Waals surface area contributed by atoms with Gasteiger partial charge in [-0.1, -0.05) is 12.1 Å². The number of nitrogens with zero attached hydrogens (tertiary/aromatic N) is 1. The highest BCUT2D eigenvalue weighted by atomic mass is 19.1. The van der Waals surface area contributed by atoms with E-state index in [2.05, 4.69) is 0 Å². The van der Waals surface area contributed by atoms with Crippen molar-refractivity contribution in [2.24, 2.45) is 5.92 Å². The zero-order valence-corrected chi connectivity index (χ0v) is 13.0. The van der Waals surface area contributed by atoms with Crippen LogP contribution < -0.4 is 4.74 Å². The molecule has 1 amide bonds. The van der Waals surface area contributed by atoms with Crippen LogP contribution in [0.25, 0.3) is 0 Å². The zero-order valence-electron chi connectivity index (χ0n) is 13.0. The third-order valence-corrected chi connectivity index (χ3v) is 4.05. The summed E-state index contributed by atoms with van der Waals surface area (Å²) in [6, 6.07) is 6.10. The number of amides is 1. The molecule has 1 atom stereocenters. The second-order valence-electron chi connectivity index (χ2n) is 5.81. The van der Waals surface area contributed by atoms with Gasteiger partial charge in [-0.2, -0.15) is 0 Å². The number of hydrogen-bond acceptors (Lipinski definition) is 3. The third-order valence-electron chi connectivity index (χ3n) is 4.05. The number of ether oxygens (including phenoxy) is 1. The SMILES string of the molecule is O=C(O)CC[C@@H]1CCCN(C(=O)CCOc2ccccc2F)C1. The Morgan fingerprint density at radius 3 is 2.83 bits per heavy atom. The van der Waals surface area contributed by atoms with Crippen molar-refractivity contribution in [3.05, 3.63) is 30.1 Å². The first-order valence-corrected chi connectivity index (χ1v) is 7.93. The smallest absolute Gasteiger partial charge is 0.303 e. The average molecular weight is 323 g/mol. The average Bonchev–Trinajstić information content (AvgIpc) is 2.55. The number of piperidine rings is 1. The molecule has 0 bridgehead atoms. The molecule has 1 aromatic carbocycles. The maximum atomic E-state index is 13.4. The normalized spacial score (nSPS) is 17.8. The van der Waals surface area contributed by atoms with Crippen molar-refractivity contribution in [2.75, 3.05) is 19.7 Å². The van der Waals surface area contributed by atoms with Gasteiger partial charge in [-0.05, 0) is 37.3 Å². The van der Waals surface area contributed by atoms with Gasteiger partial charge in [0.05, 0.1) is 13.0 Å². The van der Waals surface area contributed by atoms with Gasteiger partial charge in [-0.15, -0.1) is 0 Å². The molecule has 126 valence electrons. The minimum Gasteiger partial charge on any atom is -0.490 e. The number of carboxylic acids is 1. The summed E-state index contributed by atoms with van der Waals surface area (Å²) in [5.41, 5.74) is 0. The van der Waals surface area contributed by atoms with E-state index in [0.29, 0.717) is 19.5 Å². The van der Waals surface area contributed by atoms with E-state index in [4.69, 9.17) is 9.84 Å². The molecule has 1 fully saturated rings. The third kappa shape index (κ3) is 5.54. The lowest BCUT2D eigenvalue weighted by atomic mass is 9.93. The summed E-state index contributed by atoms with van der Waals surface area (Å²) < 4.78 is 18.7. The van der Waals surface area contributed by atoms with E-state index in [9.17, 15) is 14.0 Å². The number of carbonyl (C=O) groups is 2. The van der Waals surface area contributed by atoms with Gasteiger partial charge in [0.2, 0.25) is 5.91 Å². The number of halogens is 1. The van der Waals surface area contributed by atoms with Crippen molar-refractivity contribution in [1.29, 1.82) is 0 Å². The first-order valence-electron chi connectivity index (χ1n) is 7.93. The Hall–Kier alpha value is -2.11. The summed E-state index contributed by atoms with van der Waals surface area (Å²) in [6.07, 6.45) is 2.79. The molecule has 1 heterocycles. The second-order valence-corrected chi connectivity index (χ2v) is 5.81. The summed E-state index contributed by atoms with van der Waals surface area (Å²) in [7, 11) is 0. The highest BCUT2D eigenvalue weighted by Gasteiger charge is 2.23. The van der Waals surface area contributed by atoms with Crippen LogP contribution in [0.3, 0.4) is 0 Å². The zero-order chi connectivity index (χ0) is 16.7. The van der Waals surface area contributed by atoms with Gasteiger partial charge in [-0.3, -0.25) is 9.59 Å². The van der Waals surface area contributed by atoms with E-state index >= 15 is 0 Å². The lowest BCUT2D eigenvalue weighted by molar-refractivity contribution is -0.137. The Labute approximate surface area is 135 Å². The van der Waals surface area contributed by atoms with E-state index in [1.54, 1.807) is 17.0 Å². The van der Waals surface area contributed by atoms with Gasteiger partial charge in [0, 0.05) is 19.5 Å². The topological polar surface area (TPSA) is 66.8 Å². The van der Waals surface area contributed by atoms with Crippen molar-refractivity contribution >= 4 is 11.9 Å². The van der Waals surface area contributed by atoms with Crippen LogP contribution in [0.4, 0.5) is 4.39 Å². The molecule has 23 heavy (non-hydrogen) atoms.